The Balaban J connectivity index is 1.17. The number of rotatable bonds is 9. The molecule has 1 aromatic heterocycles. The zero-order valence-electron chi connectivity index (χ0n) is 40.0. The lowest BCUT2D eigenvalue weighted by Crippen LogP contribution is -2.58. The third kappa shape index (κ3) is 9.55. The van der Waals surface area contributed by atoms with Crippen LogP contribution in [0.25, 0.3) is 11.3 Å². The van der Waals surface area contributed by atoms with Gasteiger partial charge >= 0.3 is 12.3 Å². The van der Waals surface area contributed by atoms with Gasteiger partial charge in [0.25, 0.3) is 0 Å². The van der Waals surface area contributed by atoms with Crippen molar-refractivity contribution in [2.75, 3.05) is 13.1 Å². The predicted molar refractivity (Wildman–Crippen MR) is 252 cm³/mol. The lowest BCUT2D eigenvalue weighted by atomic mass is 9.45. The number of furan rings is 1. The van der Waals surface area contributed by atoms with Crippen LogP contribution in [0.1, 0.15) is 164 Å². The number of ether oxygens (including phenoxy) is 1. The van der Waals surface area contributed by atoms with Crippen molar-refractivity contribution in [3.05, 3.63) is 93.2 Å². The quantitative estimate of drug-likeness (QED) is 0.164. The molecule has 11 heteroatoms. The van der Waals surface area contributed by atoms with Crippen molar-refractivity contribution in [1.82, 2.24) is 4.90 Å². The van der Waals surface area contributed by atoms with Crippen molar-refractivity contribution in [1.29, 1.82) is 0 Å². The van der Waals surface area contributed by atoms with Crippen LogP contribution in [0.3, 0.4) is 0 Å². The smallest absolute Gasteiger partial charge is 0.416 e. The Morgan fingerprint density at radius 1 is 0.970 bits per heavy atom. The van der Waals surface area contributed by atoms with Gasteiger partial charge in [-0.05, 0) is 178 Å². The van der Waals surface area contributed by atoms with Crippen LogP contribution in [0.15, 0.2) is 64.6 Å². The van der Waals surface area contributed by atoms with Crippen LogP contribution in [0.4, 0.5) is 18.0 Å². The van der Waals surface area contributed by atoms with Crippen molar-refractivity contribution < 1.29 is 42.1 Å². The highest BCUT2D eigenvalue weighted by molar-refractivity contribution is 6.33. The molecule has 10 atom stereocenters. The molecule has 7 aliphatic rings. The molecule has 10 unspecified atom stereocenters. The lowest BCUT2D eigenvalue weighted by Gasteiger charge is -2.60. The van der Waals surface area contributed by atoms with E-state index >= 15 is 0 Å². The van der Waals surface area contributed by atoms with E-state index in [1.807, 2.05) is 23.1 Å². The van der Waals surface area contributed by atoms with Gasteiger partial charge in [0.15, 0.2) is 5.76 Å². The summed E-state index contributed by atoms with van der Waals surface area (Å²) < 4.78 is 54.0. The normalized spacial score (nSPS) is 32.2. The van der Waals surface area contributed by atoms with Crippen LogP contribution in [-0.2, 0) is 17.3 Å². The summed E-state index contributed by atoms with van der Waals surface area (Å²) in [7, 11) is 0. The van der Waals surface area contributed by atoms with E-state index in [1.54, 1.807) is 0 Å². The minimum Gasteiger partial charge on any atom is -0.453 e. The first-order valence-electron chi connectivity index (χ1n) is 24.7. The molecule has 4 bridgehead atoms. The molecule has 5 fully saturated rings. The number of halogens is 4. The Bertz CT molecular complexity index is 2300. The molecule has 0 spiro atoms. The fraction of sp³-hybridized carbons (Fsp3) is 0.636. The zero-order valence-corrected chi connectivity index (χ0v) is 40.7. The van der Waals surface area contributed by atoms with E-state index in [0.717, 1.165) is 60.9 Å². The van der Waals surface area contributed by atoms with Gasteiger partial charge in [0.05, 0.1) is 28.8 Å². The number of carbonyl (C=O) groups excluding carboxylic acids is 2. The second-order valence-corrected chi connectivity index (χ2v) is 22.9. The van der Waals surface area contributed by atoms with Crippen molar-refractivity contribution in [2.45, 2.75) is 162 Å². The Labute approximate surface area is 394 Å². The maximum atomic E-state index is 14.9. The number of hydrogen-bond acceptors (Lipinski definition) is 6. The van der Waals surface area contributed by atoms with E-state index in [9.17, 15) is 33.0 Å². The summed E-state index contributed by atoms with van der Waals surface area (Å²) in [6.45, 7) is 16.2. The van der Waals surface area contributed by atoms with Crippen molar-refractivity contribution in [3.8, 4) is 11.3 Å². The Kier molecular flexibility index (Phi) is 13.9. The molecule has 2 N–H and O–H groups in total. The van der Waals surface area contributed by atoms with E-state index < -0.39 is 34.6 Å². The molecule has 1 amide bonds. The van der Waals surface area contributed by atoms with Crippen molar-refractivity contribution >= 4 is 23.5 Å². The zero-order chi connectivity index (χ0) is 47.5. The second kappa shape index (κ2) is 18.7. The molecule has 7 aliphatic carbocycles. The van der Waals surface area contributed by atoms with Gasteiger partial charge in [-0.2, -0.15) is 13.2 Å². The number of hydrogen-bond donors (Lipinski definition) is 2. The van der Waals surface area contributed by atoms with E-state index in [0.29, 0.717) is 86.6 Å². The van der Waals surface area contributed by atoms with Crippen LogP contribution in [0, 0.1) is 46.3 Å². The summed E-state index contributed by atoms with van der Waals surface area (Å²) in [5.41, 5.74) is 0.157. The molecular formula is C55H71ClF3NO6. The van der Waals surface area contributed by atoms with Gasteiger partial charge in [-0.1, -0.05) is 83.3 Å². The summed E-state index contributed by atoms with van der Waals surface area (Å²) in [6.07, 6.45) is 6.42. The number of nitrogens with zero attached hydrogens (tertiary/aromatic N) is 1. The number of amides is 1. The van der Waals surface area contributed by atoms with Crippen LogP contribution in [0.2, 0.25) is 5.02 Å². The fourth-order valence-corrected chi connectivity index (χ4v) is 13.5. The molecule has 0 saturated heterocycles. The highest BCUT2D eigenvalue weighted by atomic mass is 35.5. The van der Waals surface area contributed by atoms with Crippen LogP contribution < -0.4 is 0 Å². The van der Waals surface area contributed by atoms with Gasteiger partial charge in [-0.15, -0.1) is 0 Å². The number of allylic oxidation sites excluding steroid dienone is 2. The van der Waals surface area contributed by atoms with Crippen molar-refractivity contribution in [3.63, 3.8) is 0 Å². The van der Waals surface area contributed by atoms with Crippen LogP contribution >= 0.6 is 11.6 Å². The SMILES string of the molecule is CC1=CCCC2(C)C(CCC2(O)CN(CC2CCC3CC2C3(C)C)C(=O)OC2CC(C)CCC2C(C)C)c2ccc(cc2C(=O)c2ccc(-c3cc(C(F)(F)F)ccc3Cl)o2)CC(O)CC1. The first-order chi connectivity index (χ1) is 31.1. The molecule has 360 valence electrons. The third-order valence-electron chi connectivity index (χ3n) is 17.7. The molecule has 2 aromatic carbocycles. The molecule has 10 rings (SSSR count). The van der Waals surface area contributed by atoms with Crippen LogP contribution in [-0.4, -0.2) is 57.9 Å². The van der Waals surface area contributed by atoms with Gasteiger partial charge < -0.3 is 24.3 Å². The highest BCUT2D eigenvalue weighted by Crippen LogP contribution is 2.62. The molecule has 0 aliphatic heterocycles. The summed E-state index contributed by atoms with van der Waals surface area (Å²) in [5, 5.41) is 24.7. The lowest BCUT2D eigenvalue weighted by molar-refractivity contribution is -0.137. The first kappa shape index (κ1) is 48.8. The Morgan fingerprint density at radius 3 is 2.45 bits per heavy atom. The largest absolute Gasteiger partial charge is 0.453 e. The fourth-order valence-electron chi connectivity index (χ4n) is 13.3. The molecule has 3 aromatic rings. The first-order valence-corrected chi connectivity index (χ1v) is 25.1. The molecule has 7 nitrogen and oxygen atoms in total. The van der Waals surface area contributed by atoms with Gasteiger partial charge in [0.1, 0.15) is 11.9 Å². The molecular weight excluding hydrogens is 863 g/mol. The number of carbonyl (C=O) groups is 2. The highest BCUT2D eigenvalue weighted by Gasteiger charge is 2.59. The van der Waals surface area contributed by atoms with Gasteiger partial charge in [-0.3, -0.25) is 4.79 Å². The Hall–Kier alpha value is -3.60. The molecule has 0 radical (unpaired) electrons. The minimum absolute atomic E-state index is 0.0172. The molecule has 5 saturated carbocycles. The standard InChI is InChI=1S/C55H71ClF3NO6/c1-32(2)40-17-11-34(4)25-49(40)66-51(63)60(30-36-13-14-37-29-45(36)52(37,5)6)31-54(64)24-22-44-41-18-12-35(26-39(61)16-10-33(3)9-8-23-53(44,54)7)27-42(41)50(62)48-21-20-47(65-48)43-28-38(55(57,58)59)15-19-46(43)56/h9,12,15,18-21,27-28,32,34,36-37,39-40,44-45,49,61,64H,8,10-11,13-14,16-17,22-26,29-31H2,1-7H3. The maximum absolute atomic E-state index is 14.9. The molecule has 1 heterocycles. The number of benzene rings is 2. The van der Waals surface area contributed by atoms with Gasteiger partial charge in [0, 0.05) is 23.1 Å². The van der Waals surface area contributed by atoms with E-state index in [2.05, 4.69) is 54.5 Å². The Morgan fingerprint density at radius 2 is 1.74 bits per heavy atom. The average molecular weight is 935 g/mol. The summed E-state index contributed by atoms with van der Waals surface area (Å²) in [4.78, 5) is 31.7. The number of alkyl halides is 3. The summed E-state index contributed by atoms with van der Waals surface area (Å²) in [6, 6.07) is 11.6. The summed E-state index contributed by atoms with van der Waals surface area (Å²) in [5.74, 6) is 1.76. The van der Waals surface area contributed by atoms with E-state index in [1.165, 1.54) is 24.6 Å². The van der Waals surface area contributed by atoms with Crippen molar-refractivity contribution in [2.24, 2.45) is 46.3 Å². The van der Waals surface area contributed by atoms with E-state index in [4.69, 9.17) is 20.8 Å². The predicted octanol–water partition coefficient (Wildman–Crippen LogP) is 13.9. The minimum atomic E-state index is -4.61. The number of aliphatic hydroxyl groups is 2. The van der Waals surface area contributed by atoms with Gasteiger partial charge in [0.2, 0.25) is 5.78 Å². The summed E-state index contributed by atoms with van der Waals surface area (Å²) >= 11 is 6.40. The van der Waals surface area contributed by atoms with Gasteiger partial charge in [-0.25, -0.2) is 4.79 Å². The third-order valence-corrected chi connectivity index (χ3v) is 18.0. The average Bonchev–Trinajstić information content (AvgIpc) is 3.84. The number of fused-ring (bicyclic) bond motifs is 10. The topological polar surface area (TPSA) is 100 Å². The number of ketones is 1. The number of aliphatic hydroxyl groups excluding tert-OH is 1. The maximum Gasteiger partial charge on any atom is 0.416 e. The monoisotopic (exact) mass is 933 g/mol. The van der Waals surface area contributed by atoms with Crippen LogP contribution in [0.5, 0.6) is 0 Å². The molecule has 66 heavy (non-hydrogen) atoms. The van der Waals surface area contributed by atoms with E-state index in [-0.39, 0.29) is 58.1 Å². The second-order valence-electron chi connectivity index (χ2n) is 22.5.